The highest BCUT2D eigenvalue weighted by atomic mass is 16.2. The lowest BCUT2D eigenvalue weighted by molar-refractivity contribution is 0.216. The molecule has 1 fully saturated rings. The van der Waals surface area contributed by atoms with Gasteiger partial charge in [0.15, 0.2) is 0 Å². The van der Waals surface area contributed by atoms with Gasteiger partial charge in [-0.25, -0.2) is 0 Å². The second kappa shape index (κ2) is 11.0. The fraction of sp³-hybridized carbons (Fsp3) is 0.625. The molecule has 0 unspecified atom stereocenters. The highest BCUT2D eigenvalue weighted by Crippen LogP contribution is 2.11. The number of hydrogen-bond donors (Lipinski definition) is 2. The molecule has 0 saturated carbocycles. The Morgan fingerprint density at radius 1 is 1.26 bits per heavy atom. The maximum Gasteiger partial charge on any atom is 0.0319 e. The molecule has 0 aromatic carbocycles. The molecule has 0 aromatic heterocycles. The minimum atomic E-state index is 0.423. The lowest BCUT2D eigenvalue weighted by Gasteiger charge is -2.30. The lowest BCUT2D eigenvalue weighted by atomic mass is 10.0. The van der Waals surface area contributed by atoms with Crippen molar-refractivity contribution in [2.75, 3.05) is 26.7 Å². The van der Waals surface area contributed by atoms with Crippen LogP contribution in [0.3, 0.4) is 0 Å². The molecular weight excluding hydrogens is 236 g/mol. The smallest absolute Gasteiger partial charge is 0.0319 e. The van der Waals surface area contributed by atoms with Gasteiger partial charge in [-0.2, -0.15) is 0 Å². The minimum absolute atomic E-state index is 0.423. The molecule has 19 heavy (non-hydrogen) atoms. The van der Waals surface area contributed by atoms with E-state index in [1.807, 2.05) is 6.08 Å². The van der Waals surface area contributed by atoms with Crippen molar-refractivity contribution in [1.82, 2.24) is 4.90 Å². The maximum atomic E-state index is 7.00. The summed E-state index contributed by atoms with van der Waals surface area (Å²) in [4.78, 5) is 2.50. The van der Waals surface area contributed by atoms with Crippen LogP contribution in [0.15, 0.2) is 36.0 Å². The van der Waals surface area contributed by atoms with E-state index >= 15 is 0 Å². The summed E-state index contributed by atoms with van der Waals surface area (Å²) in [5.74, 6) is 0. The van der Waals surface area contributed by atoms with Gasteiger partial charge < -0.3 is 15.7 Å². The Morgan fingerprint density at radius 2 is 1.84 bits per heavy atom. The summed E-state index contributed by atoms with van der Waals surface area (Å²) < 4.78 is 0. The topological polar surface area (TPSA) is 49.5 Å². The highest BCUT2D eigenvalue weighted by Gasteiger charge is 2.15. The second-order valence-electron chi connectivity index (χ2n) is 5.12. The van der Waals surface area contributed by atoms with Crippen LogP contribution in [0.1, 0.15) is 33.1 Å². The van der Waals surface area contributed by atoms with E-state index in [-0.39, 0.29) is 0 Å². The molecule has 0 atom stereocenters. The van der Waals surface area contributed by atoms with Crippen LogP contribution in [0.5, 0.6) is 0 Å². The molecule has 1 heterocycles. The molecule has 1 aliphatic rings. The molecule has 1 rings (SSSR count). The zero-order chi connectivity index (χ0) is 14.7. The van der Waals surface area contributed by atoms with Crippen LogP contribution in [0, 0.1) is 0 Å². The molecule has 0 radical (unpaired) electrons. The Bertz CT molecular complexity index is 296. The van der Waals surface area contributed by atoms with Crippen LogP contribution >= 0.6 is 0 Å². The molecule has 3 N–H and O–H groups in total. The van der Waals surface area contributed by atoms with Crippen LogP contribution in [0.4, 0.5) is 0 Å². The number of likely N-dealkylation sites (tertiary alicyclic amines) is 1. The summed E-state index contributed by atoms with van der Waals surface area (Å²) in [6.45, 7) is 11.5. The summed E-state index contributed by atoms with van der Waals surface area (Å²) in [5.41, 5.74) is 8.55. The first kappa shape index (κ1) is 18.1. The van der Waals surface area contributed by atoms with Gasteiger partial charge >= 0.3 is 0 Å². The van der Waals surface area contributed by atoms with Gasteiger partial charge in [0.05, 0.1) is 0 Å². The van der Waals surface area contributed by atoms with Gasteiger partial charge in [0.1, 0.15) is 0 Å². The SMILES string of the molecule is C=C/C(=C\C=C(C)C)CCN1CCC(N)CC1.CO. The predicted molar refractivity (Wildman–Crippen MR) is 84.1 cm³/mol. The molecule has 0 spiro atoms. The van der Waals surface area contributed by atoms with Crippen molar-refractivity contribution in [2.45, 2.75) is 39.2 Å². The van der Waals surface area contributed by atoms with Gasteiger partial charge in [0.25, 0.3) is 0 Å². The summed E-state index contributed by atoms with van der Waals surface area (Å²) in [7, 11) is 1.00. The number of nitrogens with two attached hydrogens (primary N) is 1. The van der Waals surface area contributed by atoms with E-state index in [1.165, 1.54) is 11.1 Å². The van der Waals surface area contributed by atoms with Gasteiger partial charge in [-0.05, 0) is 51.8 Å². The number of nitrogens with zero attached hydrogens (tertiary/aromatic N) is 1. The third kappa shape index (κ3) is 8.76. The van der Waals surface area contributed by atoms with Crippen LogP contribution in [0.25, 0.3) is 0 Å². The first-order chi connectivity index (χ1) is 9.11. The third-order valence-electron chi connectivity index (χ3n) is 3.24. The van der Waals surface area contributed by atoms with E-state index < -0.39 is 0 Å². The van der Waals surface area contributed by atoms with E-state index in [9.17, 15) is 0 Å². The summed E-state index contributed by atoms with van der Waals surface area (Å²) in [5, 5.41) is 7.00. The fourth-order valence-electron chi connectivity index (χ4n) is 1.99. The predicted octanol–water partition coefficient (Wildman–Crippen LogP) is 2.49. The van der Waals surface area contributed by atoms with Gasteiger partial charge in [-0.15, -0.1) is 0 Å². The molecule has 110 valence electrons. The van der Waals surface area contributed by atoms with Crippen LogP contribution in [0.2, 0.25) is 0 Å². The van der Waals surface area contributed by atoms with Crippen molar-refractivity contribution in [1.29, 1.82) is 0 Å². The molecule has 1 saturated heterocycles. The second-order valence-corrected chi connectivity index (χ2v) is 5.12. The number of piperidine rings is 1. The standard InChI is InChI=1S/C15H26N2.CH4O/c1-4-14(6-5-13(2)3)7-10-17-11-8-15(16)9-12-17;1-2/h4-6,15H,1,7-12,16H2,2-3H3;2H,1H3/b14-6+;. The van der Waals surface area contributed by atoms with Gasteiger partial charge in [0.2, 0.25) is 0 Å². The molecule has 0 aromatic rings. The summed E-state index contributed by atoms with van der Waals surface area (Å²) in [6.07, 6.45) is 9.67. The van der Waals surface area contributed by atoms with Crippen molar-refractivity contribution >= 4 is 0 Å². The van der Waals surface area contributed by atoms with E-state index in [0.29, 0.717) is 6.04 Å². The number of allylic oxidation sites excluding steroid dienone is 4. The lowest BCUT2D eigenvalue weighted by Crippen LogP contribution is -2.40. The van der Waals surface area contributed by atoms with E-state index in [4.69, 9.17) is 10.8 Å². The Morgan fingerprint density at radius 3 is 2.32 bits per heavy atom. The molecule has 0 amide bonds. The van der Waals surface area contributed by atoms with E-state index in [2.05, 4.69) is 37.5 Å². The normalized spacial score (nSPS) is 17.4. The fourth-order valence-corrected chi connectivity index (χ4v) is 1.99. The number of rotatable bonds is 5. The van der Waals surface area contributed by atoms with Gasteiger partial charge in [-0.3, -0.25) is 0 Å². The number of aliphatic hydroxyl groups is 1. The quantitative estimate of drug-likeness (QED) is 0.752. The largest absolute Gasteiger partial charge is 0.400 e. The van der Waals surface area contributed by atoms with Crippen molar-refractivity contribution in [2.24, 2.45) is 5.73 Å². The first-order valence-electron chi connectivity index (χ1n) is 7.01. The molecule has 0 aliphatic carbocycles. The third-order valence-corrected chi connectivity index (χ3v) is 3.24. The summed E-state index contributed by atoms with van der Waals surface area (Å²) >= 11 is 0. The average Bonchev–Trinajstić information content (AvgIpc) is 2.43. The Kier molecular flexibility index (Phi) is 10.5. The molecule has 3 heteroatoms. The Labute approximate surface area is 118 Å². The zero-order valence-electron chi connectivity index (χ0n) is 12.7. The Balaban J connectivity index is 0.00000154. The van der Waals surface area contributed by atoms with Gasteiger partial charge in [0, 0.05) is 19.7 Å². The Hall–Kier alpha value is -0.900. The minimum Gasteiger partial charge on any atom is -0.400 e. The molecule has 0 bridgehead atoms. The van der Waals surface area contributed by atoms with Gasteiger partial charge in [-0.1, -0.05) is 30.4 Å². The zero-order valence-corrected chi connectivity index (χ0v) is 12.7. The number of hydrogen-bond acceptors (Lipinski definition) is 3. The van der Waals surface area contributed by atoms with Crippen LogP contribution in [-0.4, -0.2) is 42.8 Å². The first-order valence-corrected chi connectivity index (χ1v) is 7.01. The van der Waals surface area contributed by atoms with Crippen LogP contribution in [-0.2, 0) is 0 Å². The molecule has 1 aliphatic heterocycles. The van der Waals surface area contributed by atoms with Crippen molar-refractivity contribution in [3.05, 3.63) is 36.0 Å². The van der Waals surface area contributed by atoms with Crippen molar-refractivity contribution in [3.63, 3.8) is 0 Å². The van der Waals surface area contributed by atoms with Crippen molar-refractivity contribution in [3.8, 4) is 0 Å². The van der Waals surface area contributed by atoms with Crippen LogP contribution < -0.4 is 5.73 Å². The molecule has 3 nitrogen and oxygen atoms in total. The monoisotopic (exact) mass is 266 g/mol. The van der Waals surface area contributed by atoms with E-state index in [0.717, 1.165) is 46.0 Å². The average molecular weight is 266 g/mol. The van der Waals surface area contributed by atoms with Crippen molar-refractivity contribution < 1.29 is 5.11 Å². The maximum absolute atomic E-state index is 7.00. The number of aliphatic hydroxyl groups excluding tert-OH is 1. The van der Waals surface area contributed by atoms with E-state index in [1.54, 1.807) is 0 Å². The highest BCUT2D eigenvalue weighted by molar-refractivity contribution is 5.23. The summed E-state index contributed by atoms with van der Waals surface area (Å²) in [6, 6.07) is 0.423. The molecular formula is C16H30N2O.